The van der Waals surface area contributed by atoms with E-state index in [1.54, 1.807) is 25.1 Å². The van der Waals surface area contributed by atoms with Crippen LogP contribution in [0.15, 0.2) is 29.2 Å². The minimum Gasteiger partial charge on any atom is -0.460 e. The van der Waals surface area contributed by atoms with Crippen molar-refractivity contribution in [2.45, 2.75) is 31.0 Å². The molecule has 5 heteroatoms. The van der Waals surface area contributed by atoms with E-state index in [-0.39, 0.29) is 4.90 Å². The van der Waals surface area contributed by atoms with E-state index < -0.39 is 15.9 Å². The molecule has 0 amide bonds. The van der Waals surface area contributed by atoms with Gasteiger partial charge >= 0.3 is 10.1 Å². The number of para-hydroxylation sites is 1. The number of hydrogen-bond donors (Lipinski definition) is 0. The lowest BCUT2D eigenvalue weighted by atomic mass is 10.2. The first-order valence-electron chi connectivity index (χ1n) is 4.70. The fraction of sp³-hybridized carbons (Fsp3) is 0.400. The van der Waals surface area contributed by atoms with Gasteiger partial charge in [0.1, 0.15) is 10.6 Å². The Morgan fingerprint density at radius 2 is 2.00 bits per heavy atom. The summed E-state index contributed by atoms with van der Waals surface area (Å²) in [6.45, 7) is 3.42. The Morgan fingerprint density at radius 3 is 2.67 bits per heavy atom. The van der Waals surface area contributed by atoms with E-state index in [0.29, 0.717) is 12.2 Å². The van der Waals surface area contributed by atoms with Crippen molar-refractivity contribution >= 4 is 10.1 Å². The number of ether oxygens (including phenoxy) is 1. The summed E-state index contributed by atoms with van der Waals surface area (Å²) in [6, 6.07) is 6.47. The predicted molar refractivity (Wildman–Crippen MR) is 54.0 cm³/mol. The Labute approximate surface area is 88.9 Å². The van der Waals surface area contributed by atoms with E-state index in [1.165, 1.54) is 6.07 Å². The zero-order chi connectivity index (χ0) is 11.1. The van der Waals surface area contributed by atoms with Crippen LogP contribution in [0.1, 0.15) is 20.3 Å². The van der Waals surface area contributed by atoms with E-state index in [0.717, 1.165) is 0 Å². The highest BCUT2D eigenvalue weighted by molar-refractivity contribution is 7.87. The number of fused-ring (bicyclic) bond motifs is 1. The second-order valence-electron chi connectivity index (χ2n) is 3.57. The molecule has 1 atom stereocenters. The highest BCUT2D eigenvalue weighted by Gasteiger charge is 2.40. The molecule has 0 radical (unpaired) electrons. The monoisotopic (exact) mass is 228 g/mol. The summed E-state index contributed by atoms with van der Waals surface area (Å²) in [5.74, 6) is -0.735. The predicted octanol–water partition coefficient (Wildman–Crippen LogP) is 1.91. The second-order valence-corrected chi connectivity index (χ2v) is 5.09. The highest BCUT2D eigenvalue weighted by Crippen LogP contribution is 2.37. The van der Waals surface area contributed by atoms with Crippen molar-refractivity contribution in [1.82, 2.24) is 0 Å². The van der Waals surface area contributed by atoms with E-state index >= 15 is 0 Å². The standard InChI is InChI=1S/C10H12O4S/c1-3-10(2)13-8-6-4-5-7-9(8)15(11,12)14-10/h4-7H,3H2,1-2H3. The van der Waals surface area contributed by atoms with Crippen molar-refractivity contribution in [3.05, 3.63) is 24.3 Å². The third kappa shape index (κ3) is 1.72. The molecule has 2 rings (SSSR count). The molecule has 0 saturated heterocycles. The van der Waals surface area contributed by atoms with Crippen LogP contribution in [0.2, 0.25) is 0 Å². The van der Waals surface area contributed by atoms with Gasteiger partial charge in [0.2, 0.25) is 5.79 Å². The van der Waals surface area contributed by atoms with Gasteiger partial charge in [-0.2, -0.15) is 8.42 Å². The normalized spacial score (nSPS) is 27.9. The van der Waals surface area contributed by atoms with Crippen LogP contribution in [0.25, 0.3) is 0 Å². The third-order valence-electron chi connectivity index (χ3n) is 2.37. The van der Waals surface area contributed by atoms with E-state index in [2.05, 4.69) is 0 Å². The SMILES string of the molecule is CCC1(C)Oc2ccccc2S(=O)(=O)O1. The molecule has 0 aliphatic carbocycles. The molecule has 15 heavy (non-hydrogen) atoms. The van der Waals surface area contributed by atoms with Gasteiger partial charge in [-0.05, 0) is 12.1 Å². The molecule has 1 heterocycles. The molecule has 0 bridgehead atoms. The molecule has 0 N–H and O–H groups in total. The summed E-state index contributed by atoms with van der Waals surface area (Å²) in [7, 11) is -3.69. The van der Waals surface area contributed by atoms with Crippen molar-refractivity contribution in [3.8, 4) is 5.75 Å². The second kappa shape index (κ2) is 3.21. The zero-order valence-electron chi connectivity index (χ0n) is 8.56. The fourth-order valence-electron chi connectivity index (χ4n) is 1.40. The minimum absolute atomic E-state index is 0.0934. The summed E-state index contributed by atoms with van der Waals surface area (Å²) in [6.07, 6.45) is 0.459. The summed E-state index contributed by atoms with van der Waals surface area (Å²) >= 11 is 0. The topological polar surface area (TPSA) is 52.6 Å². The molecule has 4 nitrogen and oxygen atoms in total. The molecule has 82 valence electrons. The van der Waals surface area contributed by atoms with Crippen molar-refractivity contribution in [2.24, 2.45) is 0 Å². The third-order valence-corrected chi connectivity index (χ3v) is 3.82. The van der Waals surface area contributed by atoms with Crippen LogP contribution in [-0.2, 0) is 14.3 Å². The molecule has 0 fully saturated rings. The first-order valence-corrected chi connectivity index (χ1v) is 6.11. The molecular formula is C10H12O4S. The minimum atomic E-state index is -3.69. The lowest BCUT2D eigenvalue weighted by Crippen LogP contribution is -2.40. The van der Waals surface area contributed by atoms with Gasteiger partial charge in [0.05, 0.1) is 0 Å². The van der Waals surface area contributed by atoms with Gasteiger partial charge in [-0.25, -0.2) is 4.18 Å². The maximum atomic E-state index is 11.7. The maximum Gasteiger partial charge on any atom is 0.304 e. The van der Waals surface area contributed by atoms with Gasteiger partial charge in [0, 0.05) is 13.3 Å². The molecule has 1 aromatic carbocycles. The van der Waals surface area contributed by atoms with Crippen molar-refractivity contribution < 1.29 is 17.3 Å². The summed E-state index contributed by atoms with van der Waals surface area (Å²) in [5.41, 5.74) is 0. The van der Waals surface area contributed by atoms with Crippen LogP contribution < -0.4 is 4.74 Å². The molecule has 0 spiro atoms. The van der Waals surface area contributed by atoms with Crippen LogP contribution in [0.3, 0.4) is 0 Å². The maximum absolute atomic E-state index is 11.7. The van der Waals surface area contributed by atoms with Gasteiger partial charge in [0.25, 0.3) is 0 Å². The summed E-state index contributed by atoms with van der Waals surface area (Å²) in [4.78, 5) is 0.0934. The molecular weight excluding hydrogens is 216 g/mol. The summed E-state index contributed by atoms with van der Waals surface area (Å²) in [5, 5.41) is 0. The smallest absolute Gasteiger partial charge is 0.304 e. The van der Waals surface area contributed by atoms with Crippen molar-refractivity contribution in [1.29, 1.82) is 0 Å². The van der Waals surface area contributed by atoms with Gasteiger partial charge in [-0.15, -0.1) is 0 Å². The Bertz CT molecular complexity index is 480. The van der Waals surface area contributed by atoms with Crippen LogP contribution >= 0.6 is 0 Å². The quantitative estimate of drug-likeness (QED) is 0.689. The first kappa shape index (κ1) is 10.4. The number of hydrogen-bond acceptors (Lipinski definition) is 4. The van der Waals surface area contributed by atoms with Crippen molar-refractivity contribution in [2.75, 3.05) is 0 Å². The van der Waals surface area contributed by atoms with Crippen LogP contribution in [-0.4, -0.2) is 14.2 Å². The van der Waals surface area contributed by atoms with Gasteiger partial charge < -0.3 is 4.74 Å². The average molecular weight is 228 g/mol. The fourth-order valence-corrected chi connectivity index (χ4v) is 2.71. The Hall–Kier alpha value is -1.07. The van der Waals surface area contributed by atoms with Gasteiger partial charge in [-0.1, -0.05) is 19.1 Å². The molecule has 0 saturated carbocycles. The zero-order valence-corrected chi connectivity index (χ0v) is 9.37. The molecule has 1 aliphatic heterocycles. The molecule has 1 unspecified atom stereocenters. The van der Waals surface area contributed by atoms with Crippen LogP contribution in [0, 0.1) is 0 Å². The Morgan fingerprint density at radius 1 is 1.33 bits per heavy atom. The average Bonchev–Trinajstić information content (AvgIpc) is 2.16. The van der Waals surface area contributed by atoms with E-state index in [1.807, 2.05) is 6.92 Å². The lowest BCUT2D eigenvalue weighted by molar-refractivity contribution is -0.105. The molecule has 1 aromatic rings. The lowest BCUT2D eigenvalue weighted by Gasteiger charge is -2.33. The Balaban J connectivity index is 2.58. The number of rotatable bonds is 1. The van der Waals surface area contributed by atoms with E-state index in [4.69, 9.17) is 8.92 Å². The van der Waals surface area contributed by atoms with Crippen LogP contribution in [0.5, 0.6) is 5.75 Å². The highest BCUT2D eigenvalue weighted by atomic mass is 32.2. The first-order chi connectivity index (χ1) is 6.97. The molecule has 0 aromatic heterocycles. The largest absolute Gasteiger partial charge is 0.460 e. The van der Waals surface area contributed by atoms with E-state index in [9.17, 15) is 8.42 Å². The number of benzene rings is 1. The van der Waals surface area contributed by atoms with Gasteiger partial charge in [0.15, 0.2) is 0 Å². The molecule has 1 aliphatic rings. The van der Waals surface area contributed by atoms with Gasteiger partial charge in [-0.3, -0.25) is 0 Å². The van der Waals surface area contributed by atoms with Crippen molar-refractivity contribution in [3.63, 3.8) is 0 Å². The summed E-state index contributed by atoms with van der Waals surface area (Å²) < 4.78 is 34.0. The Kier molecular flexibility index (Phi) is 2.24. The van der Waals surface area contributed by atoms with Crippen LogP contribution in [0.4, 0.5) is 0 Å².